The number of ether oxygens (including phenoxy) is 1. The lowest BCUT2D eigenvalue weighted by atomic mass is 10.2. The maximum Gasteiger partial charge on any atom is 0.257 e. The van der Waals surface area contributed by atoms with Gasteiger partial charge < -0.3 is 15.4 Å². The first kappa shape index (κ1) is 20.1. The molecule has 3 rings (SSSR count). The van der Waals surface area contributed by atoms with E-state index in [1.165, 1.54) is 6.20 Å². The highest BCUT2D eigenvalue weighted by molar-refractivity contribution is 5.91. The molecule has 2 N–H and O–H groups in total. The van der Waals surface area contributed by atoms with Crippen molar-refractivity contribution in [3.05, 3.63) is 65.0 Å². The standard InChI is InChI=1S/C21H22N4O4/c1-2-22-21(28)14-29-16-7-5-6-15(12-16)24-20(27)10-11-25-18-9-4-3-8-17(18)19(26)13-23-25/h3-9,12-13H,2,10-11,14H2,1H3,(H,22,28)(H,24,27). The number of carbonyl (C=O) groups excluding carboxylic acids is 2. The number of rotatable bonds is 8. The Morgan fingerprint density at radius 1 is 1.10 bits per heavy atom. The van der Waals surface area contributed by atoms with Crippen molar-refractivity contribution in [2.24, 2.45) is 0 Å². The predicted molar refractivity (Wildman–Crippen MR) is 110 cm³/mol. The van der Waals surface area contributed by atoms with Gasteiger partial charge in [0.05, 0.1) is 18.3 Å². The van der Waals surface area contributed by atoms with Crippen LogP contribution in [0.1, 0.15) is 13.3 Å². The van der Waals surface area contributed by atoms with Crippen LogP contribution in [0.3, 0.4) is 0 Å². The predicted octanol–water partition coefficient (Wildman–Crippen LogP) is 1.94. The van der Waals surface area contributed by atoms with Crippen LogP contribution in [0.2, 0.25) is 0 Å². The molecule has 1 aromatic heterocycles. The number of hydrogen-bond acceptors (Lipinski definition) is 5. The van der Waals surface area contributed by atoms with E-state index in [9.17, 15) is 14.4 Å². The number of aryl methyl sites for hydroxylation is 1. The second-order valence-electron chi connectivity index (χ2n) is 6.32. The summed E-state index contributed by atoms with van der Waals surface area (Å²) in [5.41, 5.74) is 1.11. The van der Waals surface area contributed by atoms with Crippen molar-refractivity contribution in [1.29, 1.82) is 0 Å². The Hall–Kier alpha value is -3.68. The molecule has 0 aliphatic rings. The second-order valence-corrected chi connectivity index (χ2v) is 6.32. The molecule has 0 aliphatic heterocycles. The first-order valence-electron chi connectivity index (χ1n) is 9.31. The molecule has 0 aliphatic carbocycles. The zero-order valence-electron chi connectivity index (χ0n) is 16.1. The highest BCUT2D eigenvalue weighted by Crippen LogP contribution is 2.17. The van der Waals surface area contributed by atoms with Gasteiger partial charge >= 0.3 is 0 Å². The number of nitrogens with one attached hydrogen (secondary N) is 2. The molecule has 8 nitrogen and oxygen atoms in total. The van der Waals surface area contributed by atoms with Crippen molar-refractivity contribution in [2.45, 2.75) is 19.9 Å². The van der Waals surface area contributed by atoms with Crippen LogP contribution in [0.5, 0.6) is 5.75 Å². The smallest absolute Gasteiger partial charge is 0.257 e. The minimum Gasteiger partial charge on any atom is -0.484 e. The summed E-state index contributed by atoms with van der Waals surface area (Å²) in [6.45, 7) is 2.62. The van der Waals surface area contributed by atoms with Crippen LogP contribution in [-0.2, 0) is 16.1 Å². The number of aromatic nitrogens is 2. The SMILES string of the molecule is CCNC(=O)COc1cccc(NC(=O)CCn2ncc(=O)c3ccccc32)c1. The number of carbonyl (C=O) groups is 2. The molecule has 0 saturated heterocycles. The van der Waals surface area contributed by atoms with Gasteiger partial charge in [0.15, 0.2) is 6.61 Å². The fraction of sp³-hybridized carbons (Fsp3) is 0.238. The number of nitrogens with zero attached hydrogens (tertiary/aromatic N) is 2. The Kier molecular flexibility index (Phi) is 6.57. The molecular weight excluding hydrogens is 372 g/mol. The molecule has 2 aromatic carbocycles. The van der Waals surface area contributed by atoms with E-state index < -0.39 is 0 Å². The van der Waals surface area contributed by atoms with Crippen molar-refractivity contribution >= 4 is 28.4 Å². The van der Waals surface area contributed by atoms with Crippen molar-refractivity contribution in [3.8, 4) is 5.75 Å². The maximum absolute atomic E-state index is 12.3. The summed E-state index contributed by atoms with van der Waals surface area (Å²) in [4.78, 5) is 35.7. The Labute approximate surface area is 167 Å². The van der Waals surface area contributed by atoms with Crippen LogP contribution in [-0.4, -0.2) is 34.7 Å². The molecule has 0 bridgehead atoms. The molecule has 0 unspecified atom stereocenters. The van der Waals surface area contributed by atoms with Crippen molar-refractivity contribution in [1.82, 2.24) is 15.1 Å². The summed E-state index contributed by atoms with van der Waals surface area (Å²) in [6, 6.07) is 14.0. The van der Waals surface area contributed by atoms with Gasteiger partial charge in [0.2, 0.25) is 11.3 Å². The lowest BCUT2D eigenvalue weighted by Gasteiger charge is -2.11. The molecule has 150 valence electrons. The molecule has 0 fully saturated rings. The van der Waals surface area contributed by atoms with Crippen molar-refractivity contribution < 1.29 is 14.3 Å². The van der Waals surface area contributed by atoms with Gasteiger partial charge in [0.1, 0.15) is 5.75 Å². The topological polar surface area (TPSA) is 102 Å². The fourth-order valence-corrected chi connectivity index (χ4v) is 2.83. The van der Waals surface area contributed by atoms with Crippen LogP contribution in [0.25, 0.3) is 10.9 Å². The number of anilines is 1. The van der Waals surface area contributed by atoms with Gasteiger partial charge in [-0.1, -0.05) is 18.2 Å². The quantitative estimate of drug-likeness (QED) is 0.608. The fourth-order valence-electron chi connectivity index (χ4n) is 2.83. The number of benzene rings is 2. The number of fused-ring (bicyclic) bond motifs is 1. The molecular formula is C21H22N4O4. The Bertz CT molecular complexity index is 1080. The molecule has 0 atom stereocenters. The Morgan fingerprint density at radius 3 is 2.76 bits per heavy atom. The van der Waals surface area contributed by atoms with Crippen LogP contribution in [0.4, 0.5) is 5.69 Å². The lowest BCUT2D eigenvalue weighted by Crippen LogP contribution is -2.28. The molecule has 0 saturated carbocycles. The highest BCUT2D eigenvalue weighted by Gasteiger charge is 2.08. The summed E-state index contributed by atoms with van der Waals surface area (Å²) in [7, 11) is 0. The van der Waals surface area contributed by atoms with Crippen LogP contribution >= 0.6 is 0 Å². The Morgan fingerprint density at radius 2 is 1.93 bits per heavy atom. The van der Waals surface area contributed by atoms with Gasteiger partial charge in [0, 0.05) is 30.1 Å². The van der Waals surface area contributed by atoms with Gasteiger partial charge in [0.25, 0.3) is 5.91 Å². The van der Waals surface area contributed by atoms with E-state index in [0.29, 0.717) is 35.4 Å². The van der Waals surface area contributed by atoms with E-state index >= 15 is 0 Å². The maximum atomic E-state index is 12.3. The van der Waals surface area contributed by atoms with Crippen molar-refractivity contribution in [3.63, 3.8) is 0 Å². The largest absolute Gasteiger partial charge is 0.484 e. The van der Waals surface area contributed by atoms with Gasteiger partial charge in [-0.15, -0.1) is 0 Å². The highest BCUT2D eigenvalue weighted by atomic mass is 16.5. The van der Waals surface area contributed by atoms with Crippen LogP contribution < -0.4 is 20.8 Å². The van der Waals surface area contributed by atoms with E-state index in [4.69, 9.17) is 4.74 Å². The molecule has 29 heavy (non-hydrogen) atoms. The summed E-state index contributed by atoms with van der Waals surface area (Å²) in [5, 5.41) is 10.1. The molecule has 3 aromatic rings. The minimum atomic E-state index is -0.206. The molecule has 1 heterocycles. The van der Waals surface area contributed by atoms with Gasteiger partial charge in [-0.2, -0.15) is 5.10 Å². The van der Waals surface area contributed by atoms with E-state index in [0.717, 1.165) is 0 Å². The summed E-state index contributed by atoms with van der Waals surface area (Å²) in [6.07, 6.45) is 1.44. The van der Waals surface area contributed by atoms with E-state index in [1.54, 1.807) is 47.1 Å². The summed E-state index contributed by atoms with van der Waals surface area (Å²) < 4.78 is 7.07. The van der Waals surface area contributed by atoms with Crippen LogP contribution in [0.15, 0.2) is 59.5 Å². The van der Waals surface area contributed by atoms with Crippen LogP contribution in [0, 0.1) is 0 Å². The lowest BCUT2D eigenvalue weighted by molar-refractivity contribution is -0.123. The average molecular weight is 394 g/mol. The van der Waals surface area contributed by atoms with Gasteiger partial charge in [-0.3, -0.25) is 19.1 Å². The summed E-state index contributed by atoms with van der Waals surface area (Å²) >= 11 is 0. The number of para-hydroxylation sites is 1. The third kappa shape index (κ3) is 5.41. The van der Waals surface area contributed by atoms with Crippen molar-refractivity contribution in [2.75, 3.05) is 18.5 Å². The zero-order valence-corrected chi connectivity index (χ0v) is 16.1. The van der Waals surface area contributed by atoms with Gasteiger partial charge in [-0.05, 0) is 31.2 Å². The first-order chi connectivity index (χ1) is 14.1. The first-order valence-corrected chi connectivity index (χ1v) is 9.31. The second kappa shape index (κ2) is 9.50. The number of amides is 2. The molecule has 2 amide bonds. The number of hydrogen-bond donors (Lipinski definition) is 2. The Balaban J connectivity index is 1.59. The third-order valence-corrected chi connectivity index (χ3v) is 4.17. The number of likely N-dealkylation sites (N-methyl/N-ethyl adjacent to an activating group) is 1. The third-order valence-electron chi connectivity index (χ3n) is 4.17. The van der Waals surface area contributed by atoms with E-state index in [-0.39, 0.29) is 30.3 Å². The molecule has 0 spiro atoms. The monoisotopic (exact) mass is 394 g/mol. The summed E-state index contributed by atoms with van der Waals surface area (Å²) in [5.74, 6) is 0.0837. The molecule has 8 heteroatoms. The normalized spacial score (nSPS) is 10.5. The minimum absolute atomic E-state index is 0.0870. The zero-order chi connectivity index (χ0) is 20.6. The molecule has 0 radical (unpaired) electrons. The average Bonchev–Trinajstić information content (AvgIpc) is 2.72. The van der Waals surface area contributed by atoms with E-state index in [2.05, 4.69) is 15.7 Å². The van der Waals surface area contributed by atoms with E-state index in [1.807, 2.05) is 13.0 Å². The van der Waals surface area contributed by atoms with Gasteiger partial charge in [-0.25, -0.2) is 0 Å².